The molecule has 16 heavy (non-hydrogen) atoms. The summed E-state index contributed by atoms with van der Waals surface area (Å²) in [6.07, 6.45) is 0. The van der Waals surface area contributed by atoms with Crippen molar-refractivity contribution in [3.05, 3.63) is 0 Å². The summed E-state index contributed by atoms with van der Waals surface area (Å²) in [5.41, 5.74) is 3.84. The van der Waals surface area contributed by atoms with Crippen LogP contribution in [0.3, 0.4) is 0 Å². The van der Waals surface area contributed by atoms with Crippen LogP contribution in [0.2, 0.25) is 0 Å². The number of hydroxylamine groups is 1. The molecule has 0 aromatic rings. The van der Waals surface area contributed by atoms with Crippen LogP contribution in [0.5, 0.6) is 0 Å². The number of carbonyl (C=O) groups is 1. The first-order chi connectivity index (χ1) is 7.29. The second kappa shape index (κ2) is 6.93. The monoisotopic (exact) mass is 234 g/mol. The molecule has 0 aromatic carbocycles. The van der Waals surface area contributed by atoms with Crippen molar-refractivity contribution in [2.24, 2.45) is 11.3 Å². The first kappa shape index (κ1) is 15.5. The second-order valence-electron chi connectivity index (χ2n) is 5.26. The van der Waals surface area contributed by atoms with E-state index in [4.69, 9.17) is 4.84 Å². The zero-order valence-electron chi connectivity index (χ0n) is 10.8. The molecule has 0 radical (unpaired) electrons. The molecule has 0 spiro atoms. The Kier molecular flexibility index (Phi) is 6.71. The Bertz CT molecular complexity index is 215. The van der Waals surface area contributed by atoms with Gasteiger partial charge in [0.05, 0.1) is 19.2 Å². The summed E-state index contributed by atoms with van der Waals surface area (Å²) in [5.74, 6) is 0.187. The van der Waals surface area contributed by atoms with E-state index in [0.29, 0.717) is 0 Å². The third-order valence-electron chi connectivity index (χ3n) is 2.38. The Hall–Kier alpha value is -0.520. The van der Waals surface area contributed by atoms with Crippen LogP contribution in [0.15, 0.2) is 0 Å². The van der Waals surface area contributed by atoms with Gasteiger partial charge in [-0.15, -0.1) is 4.48 Å². The van der Waals surface area contributed by atoms with Crippen LogP contribution in [-0.2, 0) is 9.63 Å². The van der Waals surface area contributed by atoms with Crippen molar-refractivity contribution in [1.29, 1.82) is 0 Å². The summed E-state index contributed by atoms with van der Waals surface area (Å²) >= 11 is 0. The molecule has 0 bridgehead atoms. The number of rotatable bonds is 7. The smallest absolute Gasteiger partial charge is 0.154 e. The minimum Gasteiger partial charge on any atom is -0.300 e. The van der Waals surface area contributed by atoms with Gasteiger partial charge in [-0.25, -0.2) is 0 Å². The highest BCUT2D eigenvalue weighted by Gasteiger charge is 2.20. The van der Waals surface area contributed by atoms with Crippen LogP contribution >= 0.6 is 0 Å². The van der Waals surface area contributed by atoms with Crippen LogP contribution in [-0.4, -0.2) is 25.0 Å². The lowest BCUT2D eigenvalue weighted by molar-refractivity contribution is -0.128. The van der Waals surface area contributed by atoms with E-state index in [1.54, 1.807) is 5.54 Å². The quantitative estimate of drug-likeness (QED) is 0.399. The van der Waals surface area contributed by atoms with Crippen molar-refractivity contribution in [2.45, 2.75) is 40.7 Å². The Morgan fingerprint density at radius 2 is 1.94 bits per heavy atom. The van der Waals surface area contributed by atoms with Crippen molar-refractivity contribution in [2.75, 3.05) is 13.2 Å². The molecule has 96 valence electrons. The molecule has 0 fully saturated rings. The second-order valence-corrected chi connectivity index (χ2v) is 5.26. The molecule has 0 aliphatic carbocycles. The van der Waals surface area contributed by atoms with Gasteiger partial charge in [-0.3, -0.25) is 9.63 Å². The number of hydrogen-bond donors (Lipinski definition) is 2. The molecule has 0 heterocycles. The molecule has 5 heteroatoms. The molecule has 0 amide bonds. The fourth-order valence-electron chi connectivity index (χ4n) is 0.880. The third-order valence-corrected chi connectivity index (χ3v) is 2.38. The normalized spacial score (nSPS) is 14.2. The summed E-state index contributed by atoms with van der Waals surface area (Å²) in [5, 5.41) is 0. The van der Waals surface area contributed by atoms with Crippen molar-refractivity contribution >= 4 is 5.78 Å². The molecule has 0 aromatic heterocycles. The summed E-state index contributed by atoms with van der Waals surface area (Å²) in [4.78, 5) is 16.5. The molecule has 1 atom stereocenters. The molecule has 4 nitrogen and oxygen atoms in total. The van der Waals surface area contributed by atoms with Crippen molar-refractivity contribution in [3.63, 3.8) is 0 Å². The maximum atomic E-state index is 12.3. The van der Waals surface area contributed by atoms with Gasteiger partial charge in [-0.1, -0.05) is 34.6 Å². The van der Waals surface area contributed by atoms with Gasteiger partial charge in [0.15, 0.2) is 5.78 Å². The highest BCUT2D eigenvalue weighted by molar-refractivity contribution is 5.85. The van der Waals surface area contributed by atoms with Gasteiger partial charge in [-0.2, -0.15) is 11.0 Å². The molecule has 2 N–H and O–H groups in total. The Balaban J connectivity index is 3.72. The van der Waals surface area contributed by atoms with E-state index in [-0.39, 0.29) is 36.3 Å². The summed E-state index contributed by atoms with van der Waals surface area (Å²) in [6.45, 7) is 9.64. The molecule has 0 rings (SSSR count). The number of Topliss-reactive ketones (excluding diaryl/α,β-unsaturated/α-hetero) is 1. The van der Waals surface area contributed by atoms with Crippen LogP contribution in [0.4, 0.5) is 4.48 Å². The lowest BCUT2D eigenvalue weighted by Crippen LogP contribution is -2.38. The molecule has 0 saturated carbocycles. The minimum absolute atomic E-state index is 0.0572. The SMILES string of the molecule is CC(C)C(CONCC(=O)C(C)(C)C)NF. The van der Waals surface area contributed by atoms with Gasteiger partial charge in [0.1, 0.15) is 0 Å². The van der Waals surface area contributed by atoms with Gasteiger partial charge in [0.2, 0.25) is 0 Å². The maximum Gasteiger partial charge on any atom is 0.154 e. The van der Waals surface area contributed by atoms with Crippen molar-refractivity contribution < 1.29 is 14.1 Å². The fraction of sp³-hybridized carbons (Fsp3) is 0.909. The Labute approximate surface area is 96.8 Å². The first-order valence-corrected chi connectivity index (χ1v) is 5.53. The van der Waals surface area contributed by atoms with Gasteiger partial charge < -0.3 is 0 Å². The topological polar surface area (TPSA) is 50.4 Å². The summed E-state index contributed by atoms with van der Waals surface area (Å²) in [7, 11) is 0. The largest absolute Gasteiger partial charge is 0.300 e. The standard InChI is InChI=1S/C11H23FN2O2/c1-8(2)9(14-12)7-16-13-6-10(15)11(3,4)5/h8-9,13-14H,6-7H2,1-5H3. The van der Waals surface area contributed by atoms with E-state index in [1.165, 1.54) is 0 Å². The van der Waals surface area contributed by atoms with E-state index in [0.717, 1.165) is 0 Å². The molecule has 0 aliphatic heterocycles. The highest BCUT2D eigenvalue weighted by Crippen LogP contribution is 2.13. The van der Waals surface area contributed by atoms with Crippen LogP contribution in [0.25, 0.3) is 0 Å². The Morgan fingerprint density at radius 3 is 2.31 bits per heavy atom. The van der Waals surface area contributed by atoms with Gasteiger partial charge in [-0.05, 0) is 5.92 Å². The number of halogens is 1. The fourth-order valence-corrected chi connectivity index (χ4v) is 0.880. The van der Waals surface area contributed by atoms with Crippen LogP contribution in [0.1, 0.15) is 34.6 Å². The molecular weight excluding hydrogens is 211 g/mol. The van der Waals surface area contributed by atoms with Crippen LogP contribution in [0, 0.1) is 11.3 Å². The van der Waals surface area contributed by atoms with Crippen molar-refractivity contribution in [3.8, 4) is 0 Å². The first-order valence-electron chi connectivity index (χ1n) is 5.53. The average Bonchev–Trinajstić information content (AvgIpc) is 2.15. The van der Waals surface area contributed by atoms with E-state index >= 15 is 0 Å². The summed E-state index contributed by atoms with van der Waals surface area (Å²) < 4.78 is 12.3. The average molecular weight is 234 g/mol. The zero-order valence-corrected chi connectivity index (χ0v) is 10.8. The van der Waals surface area contributed by atoms with E-state index < -0.39 is 0 Å². The Morgan fingerprint density at radius 1 is 1.38 bits per heavy atom. The van der Waals surface area contributed by atoms with E-state index in [9.17, 15) is 9.28 Å². The third kappa shape index (κ3) is 6.15. The number of nitrogens with one attached hydrogen (secondary N) is 2. The number of ketones is 1. The number of carbonyl (C=O) groups excluding carboxylic acids is 1. The van der Waals surface area contributed by atoms with Gasteiger partial charge in [0.25, 0.3) is 0 Å². The minimum atomic E-state index is -0.383. The van der Waals surface area contributed by atoms with Gasteiger partial charge >= 0.3 is 0 Å². The lowest BCUT2D eigenvalue weighted by Gasteiger charge is -2.19. The summed E-state index contributed by atoms with van der Waals surface area (Å²) in [6, 6.07) is -0.364. The maximum absolute atomic E-state index is 12.3. The predicted molar refractivity (Wildman–Crippen MR) is 61.3 cm³/mol. The van der Waals surface area contributed by atoms with E-state index in [2.05, 4.69) is 5.48 Å². The van der Waals surface area contributed by atoms with Crippen LogP contribution < -0.4 is 11.0 Å². The zero-order chi connectivity index (χ0) is 12.8. The van der Waals surface area contributed by atoms with Crippen molar-refractivity contribution in [1.82, 2.24) is 11.0 Å². The predicted octanol–water partition coefficient (Wildman–Crippen LogP) is 1.62. The van der Waals surface area contributed by atoms with E-state index in [1.807, 2.05) is 34.6 Å². The highest BCUT2D eigenvalue weighted by atomic mass is 19.2. The molecular formula is C11H23FN2O2. The molecule has 1 unspecified atom stereocenters. The number of hydrogen-bond acceptors (Lipinski definition) is 4. The van der Waals surface area contributed by atoms with Gasteiger partial charge in [0, 0.05) is 5.41 Å². The molecule has 0 aliphatic rings. The lowest BCUT2D eigenvalue weighted by atomic mass is 9.91. The molecule has 0 saturated heterocycles.